The fraction of sp³-hybridized carbons (Fsp3) is 0.263. The fourth-order valence-electron chi connectivity index (χ4n) is 2.93. The molecule has 1 fully saturated rings. The molecule has 0 aromatic carbocycles. The van der Waals surface area contributed by atoms with Crippen molar-refractivity contribution < 1.29 is 4.79 Å². The van der Waals surface area contributed by atoms with Crippen molar-refractivity contribution in [1.82, 2.24) is 19.9 Å². The molecule has 4 heterocycles. The van der Waals surface area contributed by atoms with Crippen molar-refractivity contribution in [3.63, 3.8) is 0 Å². The maximum atomic E-state index is 12.3. The van der Waals surface area contributed by atoms with Crippen LogP contribution in [0.15, 0.2) is 48.1 Å². The molecular formula is C19H22ClN7OS. The zero-order valence-electron chi connectivity index (χ0n) is 15.9. The summed E-state index contributed by atoms with van der Waals surface area (Å²) < 4.78 is 0. The number of carbonyl (C=O) groups is 1. The molecule has 3 aromatic rings. The maximum absolute atomic E-state index is 12.3. The summed E-state index contributed by atoms with van der Waals surface area (Å²) in [5.41, 5.74) is 0.968. The fourth-order valence-corrected chi connectivity index (χ4v) is 3.68. The molecule has 2 amide bonds. The normalized spacial score (nSPS) is 14.2. The third kappa shape index (κ3) is 5.41. The molecule has 10 heteroatoms. The van der Waals surface area contributed by atoms with Crippen LogP contribution in [-0.2, 0) is 0 Å². The number of hydrogen-bond donors (Lipinski definition) is 2. The van der Waals surface area contributed by atoms with Gasteiger partial charge >= 0.3 is 6.03 Å². The predicted molar refractivity (Wildman–Crippen MR) is 119 cm³/mol. The van der Waals surface area contributed by atoms with Crippen LogP contribution in [0.5, 0.6) is 0 Å². The average Bonchev–Trinajstić information content (AvgIpc) is 3.18. The Bertz CT molecular complexity index is 944. The van der Waals surface area contributed by atoms with Gasteiger partial charge in [-0.25, -0.2) is 14.8 Å². The molecule has 1 aliphatic rings. The Morgan fingerprint density at radius 1 is 1.00 bits per heavy atom. The van der Waals surface area contributed by atoms with Crippen molar-refractivity contribution >= 4 is 47.2 Å². The minimum absolute atomic E-state index is 0. The van der Waals surface area contributed by atoms with Gasteiger partial charge in [0.25, 0.3) is 0 Å². The molecule has 0 spiro atoms. The number of halogens is 1. The topological polar surface area (TPSA) is 86.3 Å². The predicted octanol–water partition coefficient (Wildman–Crippen LogP) is 3.42. The van der Waals surface area contributed by atoms with Crippen molar-refractivity contribution in [2.24, 2.45) is 0 Å². The molecule has 1 aliphatic heterocycles. The first-order valence-corrected chi connectivity index (χ1v) is 9.90. The Hall–Kier alpha value is -2.75. The van der Waals surface area contributed by atoms with Crippen molar-refractivity contribution in [2.75, 3.05) is 48.8 Å². The standard InChI is InChI=1S/C19H21N7OS.ClH/c1-25-9-11-26(12-10-25)17-4-2-3-15(21-17)23-19(27)24-16-13-28-18(22-16)14-5-7-20-8-6-14;/h2-8,13H,9-12H2,1H3,(H2,21,23,24,27);1H. The molecule has 0 atom stereocenters. The van der Waals surface area contributed by atoms with E-state index in [9.17, 15) is 4.79 Å². The summed E-state index contributed by atoms with van der Waals surface area (Å²) in [4.78, 5) is 29.9. The van der Waals surface area contributed by atoms with Crippen molar-refractivity contribution in [3.05, 3.63) is 48.1 Å². The Kier molecular flexibility index (Phi) is 6.97. The van der Waals surface area contributed by atoms with Gasteiger partial charge in [0.05, 0.1) is 0 Å². The first-order valence-electron chi connectivity index (χ1n) is 9.02. The highest BCUT2D eigenvalue weighted by Gasteiger charge is 2.16. The Morgan fingerprint density at radius 3 is 2.48 bits per heavy atom. The smallest absolute Gasteiger partial charge is 0.326 e. The highest BCUT2D eigenvalue weighted by molar-refractivity contribution is 7.13. The van der Waals surface area contributed by atoms with Gasteiger partial charge < -0.3 is 9.80 Å². The number of hydrogen-bond acceptors (Lipinski definition) is 7. The van der Waals surface area contributed by atoms with E-state index in [4.69, 9.17) is 0 Å². The van der Waals surface area contributed by atoms with E-state index in [1.54, 1.807) is 18.5 Å². The zero-order chi connectivity index (χ0) is 19.3. The number of amides is 2. The molecule has 0 radical (unpaired) electrons. The van der Waals surface area contributed by atoms with Crippen LogP contribution in [-0.4, -0.2) is 59.1 Å². The second-order valence-corrected chi connectivity index (χ2v) is 7.38. The molecule has 8 nitrogen and oxygen atoms in total. The van der Waals surface area contributed by atoms with E-state index >= 15 is 0 Å². The molecule has 4 rings (SSSR count). The number of pyridine rings is 2. The van der Waals surface area contributed by atoms with Crippen LogP contribution in [0.3, 0.4) is 0 Å². The number of thiazole rings is 1. The number of rotatable bonds is 4. The summed E-state index contributed by atoms with van der Waals surface area (Å²) >= 11 is 1.46. The van der Waals surface area contributed by atoms with E-state index in [1.807, 2.05) is 29.6 Å². The Balaban J connectivity index is 0.00000240. The minimum Gasteiger partial charge on any atom is -0.354 e. The quantitative estimate of drug-likeness (QED) is 0.658. The molecule has 1 saturated heterocycles. The summed E-state index contributed by atoms with van der Waals surface area (Å²) in [5, 5.41) is 8.18. The number of likely N-dealkylation sites (N-methyl/N-ethyl adjacent to an activating group) is 1. The first kappa shape index (κ1) is 21.0. The number of piperazine rings is 1. The number of nitrogens with zero attached hydrogens (tertiary/aromatic N) is 5. The summed E-state index contributed by atoms with van der Waals surface area (Å²) in [5.74, 6) is 1.89. The third-order valence-corrected chi connectivity index (χ3v) is 5.37. The van der Waals surface area contributed by atoms with Gasteiger partial charge in [-0.1, -0.05) is 6.07 Å². The second-order valence-electron chi connectivity index (χ2n) is 6.52. The molecule has 0 bridgehead atoms. The number of carbonyl (C=O) groups excluding carboxylic acids is 1. The van der Waals surface area contributed by atoms with Crippen LogP contribution >= 0.6 is 23.7 Å². The van der Waals surface area contributed by atoms with Crippen LogP contribution in [0, 0.1) is 0 Å². The van der Waals surface area contributed by atoms with E-state index in [1.165, 1.54) is 11.3 Å². The number of urea groups is 1. The lowest BCUT2D eigenvalue weighted by Gasteiger charge is -2.33. The Labute approximate surface area is 179 Å². The highest BCUT2D eigenvalue weighted by atomic mass is 35.5. The van der Waals surface area contributed by atoms with Gasteiger partial charge in [-0.05, 0) is 31.3 Å². The minimum atomic E-state index is -0.366. The average molecular weight is 432 g/mol. The van der Waals surface area contributed by atoms with E-state index < -0.39 is 0 Å². The summed E-state index contributed by atoms with van der Waals surface area (Å²) in [6, 6.07) is 9.06. The van der Waals surface area contributed by atoms with Crippen LogP contribution in [0.1, 0.15) is 0 Å². The lowest BCUT2D eigenvalue weighted by Crippen LogP contribution is -2.44. The molecule has 152 valence electrons. The van der Waals surface area contributed by atoms with E-state index in [0.29, 0.717) is 11.6 Å². The van der Waals surface area contributed by atoms with Crippen LogP contribution in [0.25, 0.3) is 10.6 Å². The van der Waals surface area contributed by atoms with Crippen molar-refractivity contribution in [3.8, 4) is 10.6 Å². The molecule has 3 aromatic heterocycles. The monoisotopic (exact) mass is 431 g/mol. The first-order chi connectivity index (χ1) is 13.7. The van der Waals surface area contributed by atoms with Gasteiger partial charge in [0.1, 0.15) is 22.5 Å². The van der Waals surface area contributed by atoms with E-state index in [2.05, 4.69) is 42.4 Å². The summed E-state index contributed by atoms with van der Waals surface area (Å²) in [6.45, 7) is 3.86. The zero-order valence-corrected chi connectivity index (χ0v) is 17.5. The summed E-state index contributed by atoms with van der Waals surface area (Å²) in [7, 11) is 2.12. The van der Waals surface area contributed by atoms with Gasteiger partial charge in [0.2, 0.25) is 0 Å². The van der Waals surface area contributed by atoms with Gasteiger partial charge in [0, 0.05) is 49.5 Å². The van der Waals surface area contributed by atoms with Gasteiger partial charge in [0.15, 0.2) is 0 Å². The number of aromatic nitrogens is 3. The molecule has 0 aliphatic carbocycles. The molecule has 0 saturated carbocycles. The lowest BCUT2D eigenvalue weighted by atomic mass is 10.3. The lowest BCUT2D eigenvalue weighted by molar-refractivity contribution is 0.262. The maximum Gasteiger partial charge on any atom is 0.326 e. The Morgan fingerprint density at radius 2 is 1.72 bits per heavy atom. The van der Waals surface area contributed by atoms with Gasteiger partial charge in [-0.15, -0.1) is 23.7 Å². The molecule has 29 heavy (non-hydrogen) atoms. The third-order valence-electron chi connectivity index (χ3n) is 4.48. The van der Waals surface area contributed by atoms with Crippen LogP contribution in [0.4, 0.5) is 22.2 Å². The van der Waals surface area contributed by atoms with Crippen LogP contribution < -0.4 is 15.5 Å². The largest absolute Gasteiger partial charge is 0.354 e. The molecule has 0 unspecified atom stereocenters. The summed E-state index contributed by atoms with van der Waals surface area (Å²) in [6.07, 6.45) is 3.44. The SMILES string of the molecule is CN1CCN(c2cccc(NC(=O)Nc3csc(-c4ccncc4)n3)n2)CC1.Cl. The number of anilines is 3. The van der Waals surface area contributed by atoms with Crippen molar-refractivity contribution in [1.29, 1.82) is 0 Å². The molecular weight excluding hydrogens is 410 g/mol. The highest BCUT2D eigenvalue weighted by Crippen LogP contribution is 2.25. The van der Waals surface area contributed by atoms with E-state index in [0.717, 1.165) is 42.6 Å². The van der Waals surface area contributed by atoms with Crippen molar-refractivity contribution in [2.45, 2.75) is 0 Å². The second kappa shape index (κ2) is 9.64. The van der Waals surface area contributed by atoms with Crippen LogP contribution in [0.2, 0.25) is 0 Å². The number of nitrogens with one attached hydrogen (secondary N) is 2. The van der Waals surface area contributed by atoms with Gasteiger partial charge in [-0.2, -0.15) is 0 Å². The molecule has 2 N–H and O–H groups in total. The van der Waals surface area contributed by atoms with Gasteiger partial charge in [-0.3, -0.25) is 15.6 Å². The van der Waals surface area contributed by atoms with E-state index in [-0.39, 0.29) is 18.4 Å².